The van der Waals surface area contributed by atoms with Crippen molar-refractivity contribution in [2.45, 2.75) is 26.3 Å². The summed E-state index contributed by atoms with van der Waals surface area (Å²) in [5.41, 5.74) is 0.716. The average Bonchev–Trinajstić information content (AvgIpc) is 2.37. The van der Waals surface area contributed by atoms with E-state index >= 15 is 0 Å². The third-order valence-electron chi connectivity index (χ3n) is 2.75. The number of carbonyl (C=O) groups excluding carboxylic acids is 1. The van der Waals surface area contributed by atoms with Crippen LogP contribution in [0.3, 0.4) is 0 Å². The number of hydrogen-bond acceptors (Lipinski definition) is 2. The molecule has 104 valence electrons. The van der Waals surface area contributed by atoms with E-state index in [9.17, 15) is 9.59 Å². The molecule has 0 fully saturated rings. The largest absolute Gasteiger partial charge is 0.480 e. The van der Waals surface area contributed by atoms with Gasteiger partial charge in [-0.15, -0.1) is 0 Å². The summed E-state index contributed by atoms with van der Waals surface area (Å²) in [6, 6.07) is 7.80. The van der Waals surface area contributed by atoms with Crippen LogP contribution in [0.4, 0.5) is 10.5 Å². The lowest BCUT2D eigenvalue weighted by Crippen LogP contribution is -2.47. The van der Waals surface area contributed by atoms with Crippen molar-refractivity contribution in [2.24, 2.45) is 5.92 Å². The molecule has 0 unspecified atom stereocenters. The lowest BCUT2D eigenvalue weighted by Gasteiger charge is -2.22. The predicted octanol–water partition coefficient (Wildman–Crippen LogP) is 2.33. The molecule has 0 saturated heterocycles. The topological polar surface area (TPSA) is 69.6 Å². The molecule has 5 heteroatoms. The average molecular weight is 264 g/mol. The number of carbonyl (C=O) groups is 2. The third kappa shape index (κ3) is 4.62. The summed E-state index contributed by atoms with van der Waals surface area (Å²) in [4.78, 5) is 24.5. The smallest absolute Gasteiger partial charge is 0.326 e. The van der Waals surface area contributed by atoms with Crippen molar-refractivity contribution in [1.29, 1.82) is 0 Å². The van der Waals surface area contributed by atoms with Gasteiger partial charge in [0.25, 0.3) is 0 Å². The van der Waals surface area contributed by atoms with Gasteiger partial charge in [-0.3, -0.25) is 4.90 Å². The van der Waals surface area contributed by atoms with Crippen LogP contribution in [-0.2, 0) is 4.79 Å². The Balaban J connectivity index is 2.69. The molecule has 0 aliphatic rings. The van der Waals surface area contributed by atoms with Crippen LogP contribution in [0.5, 0.6) is 0 Å². The molecule has 2 amide bonds. The van der Waals surface area contributed by atoms with E-state index in [-0.39, 0.29) is 5.92 Å². The Kier molecular flexibility index (Phi) is 5.36. The molecule has 0 aliphatic carbocycles. The van der Waals surface area contributed by atoms with Gasteiger partial charge in [-0.05, 0) is 24.5 Å². The number of anilines is 1. The predicted molar refractivity (Wildman–Crippen MR) is 74.3 cm³/mol. The van der Waals surface area contributed by atoms with Crippen LogP contribution >= 0.6 is 0 Å². The molecular formula is C14H20N2O3. The standard InChI is InChI=1S/C14H20N2O3/c1-10(2)9-12(13(17)18)15-14(19)16(3)11-7-5-4-6-8-11/h4-8,10,12H,9H2,1-3H3,(H,15,19)(H,17,18)/t12-/m0/s1. The summed E-state index contributed by atoms with van der Waals surface area (Å²) in [5.74, 6) is -0.813. The van der Waals surface area contributed by atoms with Gasteiger partial charge in [0, 0.05) is 12.7 Å². The van der Waals surface area contributed by atoms with Crippen LogP contribution in [0.15, 0.2) is 30.3 Å². The number of benzene rings is 1. The highest BCUT2D eigenvalue weighted by molar-refractivity contribution is 5.93. The molecule has 2 N–H and O–H groups in total. The number of amides is 2. The third-order valence-corrected chi connectivity index (χ3v) is 2.75. The molecule has 0 saturated carbocycles. The van der Waals surface area contributed by atoms with Gasteiger partial charge < -0.3 is 10.4 Å². The first-order valence-electron chi connectivity index (χ1n) is 6.24. The summed E-state index contributed by atoms with van der Waals surface area (Å²) in [7, 11) is 1.61. The van der Waals surface area contributed by atoms with E-state index < -0.39 is 18.0 Å². The van der Waals surface area contributed by atoms with Crippen molar-refractivity contribution in [1.82, 2.24) is 5.32 Å². The van der Waals surface area contributed by atoms with Crippen LogP contribution in [0.25, 0.3) is 0 Å². The van der Waals surface area contributed by atoms with Gasteiger partial charge in [-0.1, -0.05) is 32.0 Å². The van der Waals surface area contributed by atoms with Crippen LogP contribution in [-0.4, -0.2) is 30.2 Å². The number of nitrogens with one attached hydrogen (secondary N) is 1. The number of rotatable bonds is 5. The molecule has 19 heavy (non-hydrogen) atoms. The Morgan fingerprint density at radius 1 is 1.26 bits per heavy atom. The van der Waals surface area contributed by atoms with Crippen molar-refractivity contribution < 1.29 is 14.7 Å². The minimum Gasteiger partial charge on any atom is -0.480 e. The highest BCUT2D eigenvalue weighted by Crippen LogP contribution is 2.12. The second-order valence-electron chi connectivity index (χ2n) is 4.86. The second-order valence-corrected chi connectivity index (χ2v) is 4.86. The molecule has 0 spiro atoms. The van der Waals surface area contributed by atoms with Gasteiger partial charge >= 0.3 is 12.0 Å². The van der Waals surface area contributed by atoms with Gasteiger partial charge in [0.15, 0.2) is 0 Å². The van der Waals surface area contributed by atoms with E-state index in [4.69, 9.17) is 5.11 Å². The Hall–Kier alpha value is -2.04. The maximum Gasteiger partial charge on any atom is 0.326 e. The van der Waals surface area contributed by atoms with Crippen LogP contribution < -0.4 is 10.2 Å². The second kappa shape index (κ2) is 6.78. The van der Waals surface area contributed by atoms with Crippen LogP contribution in [0.1, 0.15) is 20.3 Å². The summed E-state index contributed by atoms with van der Waals surface area (Å²) in [6.45, 7) is 3.84. The summed E-state index contributed by atoms with van der Waals surface area (Å²) in [6.07, 6.45) is 0.406. The summed E-state index contributed by atoms with van der Waals surface area (Å²) < 4.78 is 0. The quantitative estimate of drug-likeness (QED) is 0.857. The van der Waals surface area contributed by atoms with Gasteiger partial charge in [0.1, 0.15) is 6.04 Å². The van der Waals surface area contributed by atoms with Gasteiger partial charge in [-0.25, -0.2) is 9.59 Å². The Morgan fingerprint density at radius 2 is 1.84 bits per heavy atom. The molecule has 0 aliphatic heterocycles. The van der Waals surface area contributed by atoms with Gasteiger partial charge in [0.2, 0.25) is 0 Å². The van der Waals surface area contributed by atoms with E-state index in [1.54, 1.807) is 19.2 Å². The summed E-state index contributed by atoms with van der Waals surface area (Å²) in [5, 5.41) is 11.6. The normalized spacial score (nSPS) is 12.0. The van der Waals surface area contributed by atoms with Crippen molar-refractivity contribution in [2.75, 3.05) is 11.9 Å². The number of nitrogens with zero attached hydrogens (tertiary/aromatic N) is 1. The van der Waals surface area contributed by atoms with E-state index in [1.807, 2.05) is 32.0 Å². The maximum atomic E-state index is 12.0. The van der Waals surface area contributed by atoms with E-state index in [2.05, 4.69) is 5.32 Å². The molecule has 1 aromatic rings. The molecule has 0 aromatic heterocycles. The summed E-state index contributed by atoms with van der Waals surface area (Å²) >= 11 is 0. The zero-order valence-electron chi connectivity index (χ0n) is 11.5. The molecule has 0 heterocycles. The minimum atomic E-state index is -1.01. The van der Waals surface area contributed by atoms with Crippen molar-refractivity contribution in [3.05, 3.63) is 30.3 Å². The monoisotopic (exact) mass is 264 g/mol. The molecule has 1 atom stereocenters. The lowest BCUT2D eigenvalue weighted by atomic mass is 10.0. The first-order chi connectivity index (χ1) is 8.91. The van der Waals surface area contributed by atoms with Gasteiger partial charge in [-0.2, -0.15) is 0 Å². The maximum absolute atomic E-state index is 12.0. The number of aliphatic carboxylic acids is 1. The van der Waals surface area contributed by atoms with E-state index in [1.165, 1.54) is 4.90 Å². The highest BCUT2D eigenvalue weighted by atomic mass is 16.4. The van der Waals surface area contributed by atoms with Crippen LogP contribution in [0, 0.1) is 5.92 Å². The fourth-order valence-corrected chi connectivity index (χ4v) is 1.71. The zero-order chi connectivity index (χ0) is 14.4. The SMILES string of the molecule is CC(C)C[C@H](NC(=O)N(C)c1ccccc1)C(=O)O. The Labute approximate surface area is 113 Å². The van der Waals surface area contributed by atoms with E-state index in [0.717, 1.165) is 0 Å². The number of para-hydroxylation sites is 1. The molecule has 5 nitrogen and oxygen atoms in total. The fourth-order valence-electron chi connectivity index (χ4n) is 1.71. The minimum absolute atomic E-state index is 0.198. The van der Waals surface area contributed by atoms with Crippen molar-refractivity contribution >= 4 is 17.7 Å². The highest BCUT2D eigenvalue weighted by Gasteiger charge is 2.23. The van der Waals surface area contributed by atoms with Gasteiger partial charge in [0.05, 0.1) is 0 Å². The van der Waals surface area contributed by atoms with Crippen molar-refractivity contribution in [3.8, 4) is 0 Å². The van der Waals surface area contributed by atoms with Crippen molar-refractivity contribution in [3.63, 3.8) is 0 Å². The molecule has 0 bridgehead atoms. The van der Waals surface area contributed by atoms with E-state index in [0.29, 0.717) is 12.1 Å². The molecular weight excluding hydrogens is 244 g/mol. The number of carboxylic acid groups (broad SMARTS) is 1. The molecule has 0 radical (unpaired) electrons. The molecule has 1 rings (SSSR count). The first kappa shape index (κ1) is 15.0. The fraction of sp³-hybridized carbons (Fsp3) is 0.429. The zero-order valence-corrected chi connectivity index (χ0v) is 11.5. The lowest BCUT2D eigenvalue weighted by molar-refractivity contribution is -0.139. The number of urea groups is 1. The number of hydrogen-bond donors (Lipinski definition) is 2. The molecule has 1 aromatic carbocycles. The van der Waals surface area contributed by atoms with Crippen LogP contribution in [0.2, 0.25) is 0 Å². The Morgan fingerprint density at radius 3 is 2.32 bits per heavy atom. The first-order valence-corrected chi connectivity index (χ1v) is 6.24. The number of carboxylic acids is 1. The Bertz CT molecular complexity index is 432.